The minimum absolute atomic E-state index is 0.196. The standard InChI is InChI=1S/C11H17NO3S/c1-2-8-16(13,14)12(10-5-6-10)9-11-4-3-7-15-11/h3-4,7,10H,2,5-6,8-9H2,1H3. The van der Waals surface area contributed by atoms with E-state index in [-0.39, 0.29) is 11.8 Å². The van der Waals surface area contributed by atoms with Gasteiger partial charge in [0, 0.05) is 6.04 Å². The Morgan fingerprint density at radius 3 is 2.75 bits per heavy atom. The lowest BCUT2D eigenvalue weighted by molar-refractivity contribution is 0.356. The Morgan fingerprint density at radius 1 is 1.50 bits per heavy atom. The maximum Gasteiger partial charge on any atom is 0.214 e. The van der Waals surface area contributed by atoms with Crippen molar-refractivity contribution in [2.75, 3.05) is 5.75 Å². The Morgan fingerprint density at radius 2 is 2.25 bits per heavy atom. The summed E-state index contributed by atoms with van der Waals surface area (Å²) in [5, 5.41) is 0. The van der Waals surface area contributed by atoms with Crippen LogP contribution in [-0.4, -0.2) is 24.5 Å². The fourth-order valence-electron chi connectivity index (χ4n) is 1.75. The van der Waals surface area contributed by atoms with Crippen molar-refractivity contribution in [1.82, 2.24) is 4.31 Å². The molecule has 1 aromatic heterocycles. The molecule has 1 aliphatic carbocycles. The molecule has 0 aromatic carbocycles. The molecule has 0 saturated heterocycles. The zero-order valence-electron chi connectivity index (χ0n) is 9.43. The molecule has 0 spiro atoms. The first-order chi connectivity index (χ1) is 7.63. The summed E-state index contributed by atoms with van der Waals surface area (Å²) in [6.45, 7) is 2.26. The quantitative estimate of drug-likeness (QED) is 0.767. The smallest absolute Gasteiger partial charge is 0.214 e. The van der Waals surface area contributed by atoms with Crippen LogP contribution < -0.4 is 0 Å². The first-order valence-electron chi connectivity index (χ1n) is 5.65. The molecule has 0 radical (unpaired) electrons. The molecule has 0 N–H and O–H groups in total. The van der Waals surface area contributed by atoms with Gasteiger partial charge in [0.25, 0.3) is 0 Å². The van der Waals surface area contributed by atoms with E-state index in [1.54, 1.807) is 16.6 Å². The van der Waals surface area contributed by atoms with Gasteiger partial charge in [0.15, 0.2) is 0 Å². The first-order valence-corrected chi connectivity index (χ1v) is 7.26. The van der Waals surface area contributed by atoms with Gasteiger partial charge in [-0.2, -0.15) is 4.31 Å². The van der Waals surface area contributed by atoms with Gasteiger partial charge >= 0.3 is 0 Å². The fourth-order valence-corrected chi connectivity index (χ4v) is 3.49. The van der Waals surface area contributed by atoms with Gasteiger partial charge in [-0.15, -0.1) is 0 Å². The van der Waals surface area contributed by atoms with Gasteiger partial charge in [-0.25, -0.2) is 8.42 Å². The predicted octanol–water partition coefficient (Wildman–Crippen LogP) is 1.98. The van der Waals surface area contributed by atoms with E-state index in [9.17, 15) is 8.42 Å². The lowest BCUT2D eigenvalue weighted by Gasteiger charge is -2.20. The first kappa shape index (κ1) is 11.7. The largest absolute Gasteiger partial charge is 0.468 e. The molecule has 16 heavy (non-hydrogen) atoms. The Hall–Kier alpha value is -0.810. The molecule has 0 atom stereocenters. The Balaban J connectivity index is 2.11. The van der Waals surface area contributed by atoms with E-state index in [1.165, 1.54) is 0 Å². The van der Waals surface area contributed by atoms with E-state index in [0.717, 1.165) is 12.8 Å². The molecule has 5 heteroatoms. The van der Waals surface area contributed by atoms with Crippen molar-refractivity contribution in [2.24, 2.45) is 0 Å². The molecule has 0 amide bonds. The number of nitrogens with zero attached hydrogens (tertiary/aromatic N) is 1. The number of hydrogen-bond acceptors (Lipinski definition) is 3. The normalized spacial score (nSPS) is 16.9. The molecule has 1 heterocycles. The average Bonchev–Trinajstić information content (AvgIpc) is 2.92. The second-order valence-electron chi connectivity index (χ2n) is 4.17. The van der Waals surface area contributed by atoms with E-state index in [0.29, 0.717) is 18.7 Å². The summed E-state index contributed by atoms with van der Waals surface area (Å²) in [6, 6.07) is 3.80. The minimum atomic E-state index is -3.11. The maximum absolute atomic E-state index is 12.0. The Kier molecular flexibility index (Phi) is 3.35. The number of rotatable bonds is 6. The van der Waals surface area contributed by atoms with Gasteiger partial charge in [0.2, 0.25) is 10.0 Å². The summed E-state index contributed by atoms with van der Waals surface area (Å²) < 4.78 is 30.8. The average molecular weight is 243 g/mol. The van der Waals surface area contributed by atoms with Crippen LogP contribution in [-0.2, 0) is 16.6 Å². The fraction of sp³-hybridized carbons (Fsp3) is 0.636. The van der Waals surface area contributed by atoms with Gasteiger partial charge in [0.1, 0.15) is 5.76 Å². The minimum Gasteiger partial charge on any atom is -0.468 e. The summed E-state index contributed by atoms with van der Waals surface area (Å²) in [7, 11) is -3.11. The lowest BCUT2D eigenvalue weighted by atomic mass is 10.4. The van der Waals surface area contributed by atoms with Crippen LogP contribution in [0.25, 0.3) is 0 Å². The van der Waals surface area contributed by atoms with E-state index in [2.05, 4.69) is 0 Å². The van der Waals surface area contributed by atoms with E-state index in [1.807, 2.05) is 13.0 Å². The monoisotopic (exact) mass is 243 g/mol. The van der Waals surface area contributed by atoms with Gasteiger partial charge in [0.05, 0.1) is 18.6 Å². The van der Waals surface area contributed by atoms with Crippen molar-refractivity contribution in [1.29, 1.82) is 0 Å². The summed E-state index contributed by atoms with van der Waals surface area (Å²) >= 11 is 0. The molecule has 1 saturated carbocycles. The molecule has 0 aliphatic heterocycles. The van der Waals surface area contributed by atoms with Crippen molar-refractivity contribution in [3.8, 4) is 0 Å². The predicted molar refractivity (Wildman–Crippen MR) is 61.4 cm³/mol. The summed E-state index contributed by atoms with van der Waals surface area (Å²) in [6.07, 6.45) is 4.18. The van der Waals surface area contributed by atoms with E-state index >= 15 is 0 Å². The summed E-state index contributed by atoms with van der Waals surface area (Å²) in [4.78, 5) is 0. The second kappa shape index (κ2) is 4.59. The van der Waals surface area contributed by atoms with Gasteiger partial charge in [-0.05, 0) is 31.4 Å². The number of sulfonamides is 1. The molecule has 90 valence electrons. The van der Waals surface area contributed by atoms with Crippen LogP contribution in [0.15, 0.2) is 22.8 Å². The molecule has 0 bridgehead atoms. The topological polar surface area (TPSA) is 50.5 Å². The molecule has 0 unspecified atom stereocenters. The van der Waals surface area contributed by atoms with Crippen LogP contribution in [0.2, 0.25) is 0 Å². The highest BCUT2D eigenvalue weighted by Gasteiger charge is 2.37. The van der Waals surface area contributed by atoms with Crippen molar-refractivity contribution in [3.63, 3.8) is 0 Å². The highest BCUT2D eigenvalue weighted by Crippen LogP contribution is 2.31. The van der Waals surface area contributed by atoms with Gasteiger partial charge < -0.3 is 4.42 Å². The third kappa shape index (κ3) is 2.65. The zero-order chi connectivity index (χ0) is 11.6. The number of furan rings is 1. The Labute approximate surface area is 96.3 Å². The molecule has 2 rings (SSSR count). The van der Waals surface area contributed by atoms with Crippen molar-refractivity contribution in [3.05, 3.63) is 24.2 Å². The van der Waals surface area contributed by atoms with Gasteiger partial charge in [-0.3, -0.25) is 0 Å². The van der Waals surface area contributed by atoms with Crippen LogP contribution in [0, 0.1) is 0 Å². The van der Waals surface area contributed by atoms with Crippen molar-refractivity contribution >= 4 is 10.0 Å². The lowest BCUT2D eigenvalue weighted by Crippen LogP contribution is -2.34. The van der Waals surface area contributed by atoms with Crippen LogP contribution >= 0.6 is 0 Å². The molecule has 1 aromatic rings. The third-order valence-electron chi connectivity index (χ3n) is 2.67. The Bertz CT molecular complexity index is 420. The molecule has 4 nitrogen and oxygen atoms in total. The maximum atomic E-state index is 12.0. The second-order valence-corrected chi connectivity index (χ2v) is 6.21. The summed E-state index contributed by atoms with van der Waals surface area (Å²) in [5.74, 6) is 0.941. The van der Waals surface area contributed by atoms with Crippen molar-refractivity contribution < 1.29 is 12.8 Å². The van der Waals surface area contributed by atoms with Crippen LogP contribution in [0.3, 0.4) is 0 Å². The molecular weight excluding hydrogens is 226 g/mol. The van der Waals surface area contributed by atoms with E-state index in [4.69, 9.17) is 4.42 Å². The molecular formula is C11H17NO3S. The highest BCUT2D eigenvalue weighted by molar-refractivity contribution is 7.89. The van der Waals surface area contributed by atoms with Crippen LogP contribution in [0.1, 0.15) is 31.9 Å². The SMILES string of the molecule is CCCS(=O)(=O)N(Cc1ccco1)C1CC1. The highest BCUT2D eigenvalue weighted by atomic mass is 32.2. The van der Waals surface area contributed by atoms with Gasteiger partial charge in [-0.1, -0.05) is 6.92 Å². The van der Waals surface area contributed by atoms with Crippen LogP contribution in [0.5, 0.6) is 0 Å². The summed E-state index contributed by atoms with van der Waals surface area (Å²) in [5.41, 5.74) is 0. The molecule has 1 fully saturated rings. The van der Waals surface area contributed by atoms with E-state index < -0.39 is 10.0 Å². The van der Waals surface area contributed by atoms with Crippen LogP contribution in [0.4, 0.5) is 0 Å². The molecule has 1 aliphatic rings. The zero-order valence-corrected chi connectivity index (χ0v) is 10.2. The number of hydrogen-bond donors (Lipinski definition) is 0. The third-order valence-corrected chi connectivity index (χ3v) is 4.73. The van der Waals surface area contributed by atoms with Crippen molar-refractivity contribution in [2.45, 2.75) is 38.8 Å².